The van der Waals surface area contributed by atoms with Gasteiger partial charge < -0.3 is 10.0 Å². The normalized spacial score (nSPS) is 12.1. The predicted molar refractivity (Wildman–Crippen MR) is 65.7 cm³/mol. The molecule has 1 rings (SSSR count). The molecule has 0 aliphatic heterocycles. The highest BCUT2D eigenvalue weighted by molar-refractivity contribution is 5.55. The number of benzene rings is 1. The van der Waals surface area contributed by atoms with Crippen LogP contribution in [0.1, 0.15) is 25.0 Å². The number of nitriles is 1. The van der Waals surface area contributed by atoms with Gasteiger partial charge in [-0.1, -0.05) is 0 Å². The number of nitrogens with zero attached hydrogens (tertiary/aromatic N) is 2. The predicted octanol–water partition coefficient (Wildman–Crippen LogP) is 2.78. The largest absolute Gasteiger partial charge is 0.417 e. The maximum atomic E-state index is 12.6. The summed E-state index contributed by atoms with van der Waals surface area (Å²) in [5, 5.41) is 18.5. The van der Waals surface area contributed by atoms with Gasteiger partial charge in [0, 0.05) is 19.3 Å². The third-order valence-electron chi connectivity index (χ3n) is 2.49. The van der Waals surface area contributed by atoms with Gasteiger partial charge in [-0.05, 0) is 32.0 Å². The fraction of sp³-hybridized carbons (Fsp3) is 0.462. The van der Waals surface area contributed by atoms with Crippen molar-refractivity contribution in [1.29, 1.82) is 5.26 Å². The van der Waals surface area contributed by atoms with Crippen LogP contribution in [0.3, 0.4) is 0 Å². The molecule has 0 aliphatic carbocycles. The molecule has 1 aromatic rings. The highest BCUT2D eigenvalue weighted by Gasteiger charge is 2.33. The van der Waals surface area contributed by atoms with Gasteiger partial charge in [0.1, 0.15) is 0 Å². The van der Waals surface area contributed by atoms with Gasteiger partial charge in [-0.25, -0.2) is 0 Å². The number of halogens is 3. The second-order valence-electron chi connectivity index (χ2n) is 5.01. The van der Waals surface area contributed by atoms with Crippen LogP contribution in [0.2, 0.25) is 0 Å². The lowest BCUT2D eigenvalue weighted by molar-refractivity contribution is -0.137. The summed E-state index contributed by atoms with van der Waals surface area (Å²) in [6.45, 7) is 3.43. The second kappa shape index (κ2) is 5.10. The van der Waals surface area contributed by atoms with Crippen molar-refractivity contribution in [3.63, 3.8) is 0 Å². The Morgan fingerprint density at radius 1 is 1.32 bits per heavy atom. The number of hydrogen-bond acceptors (Lipinski definition) is 3. The van der Waals surface area contributed by atoms with Gasteiger partial charge in [0.05, 0.1) is 22.8 Å². The van der Waals surface area contributed by atoms with Gasteiger partial charge in [-0.3, -0.25) is 0 Å². The van der Waals surface area contributed by atoms with Crippen molar-refractivity contribution in [2.75, 3.05) is 18.5 Å². The Balaban J connectivity index is 3.12. The van der Waals surface area contributed by atoms with Crippen molar-refractivity contribution in [3.05, 3.63) is 29.3 Å². The maximum absolute atomic E-state index is 12.6. The van der Waals surface area contributed by atoms with Crippen LogP contribution in [0.25, 0.3) is 0 Å². The molecule has 0 saturated heterocycles. The molecule has 0 aromatic heterocycles. The standard InChI is InChI=1S/C13H15F3N2O/c1-12(2,19)8-18(3)10-4-5-11(13(14,15)16)9(6-10)7-17/h4-6,19H,8H2,1-3H3. The molecule has 0 atom stereocenters. The van der Waals surface area contributed by atoms with Crippen LogP contribution in [0.15, 0.2) is 18.2 Å². The zero-order chi connectivity index (χ0) is 14.8. The van der Waals surface area contributed by atoms with Crippen molar-refractivity contribution in [2.45, 2.75) is 25.6 Å². The minimum absolute atomic E-state index is 0.239. The summed E-state index contributed by atoms with van der Waals surface area (Å²) in [5.41, 5.74) is -1.90. The number of rotatable bonds is 3. The van der Waals surface area contributed by atoms with Crippen molar-refractivity contribution in [3.8, 4) is 6.07 Å². The monoisotopic (exact) mass is 272 g/mol. The van der Waals surface area contributed by atoms with Gasteiger partial charge in [0.2, 0.25) is 0 Å². The van der Waals surface area contributed by atoms with E-state index in [1.807, 2.05) is 0 Å². The zero-order valence-corrected chi connectivity index (χ0v) is 10.9. The van der Waals surface area contributed by atoms with Crippen molar-refractivity contribution in [1.82, 2.24) is 0 Å². The molecule has 104 valence electrons. The molecule has 0 unspecified atom stereocenters. The molecule has 1 N–H and O–H groups in total. The Bertz CT molecular complexity index is 498. The molecule has 0 aliphatic rings. The van der Waals surface area contributed by atoms with E-state index in [4.69, 9.17) is 5.26 Å². The van der Waals surface area contributed by atoms with E-state index < -0.39 is 22.9 Å². The van der Waals surface area contributed by atoms with Crippen molar-refractivity contribution < 1.29 is 18.3 Å². The van der Waals surface area contributed by atoms with E-state index in [2.05, 4.69) is 0 Å². The molecule has 19 heavy (non-hydrogen) atoms. The van der Waals surface area contributed by atoms with Crippen molar-refractivity contribution >= 4 is 5.69 Å². The molecular formula is C13H15F3N2O. The van der Waals surface area contributed by atoms with Gasteiger partial charge in [0.25, 0.3) is 0 Å². The Morgan fingerprint density at radius 2 is 1.89 bits per heavy atom. The topological polar surface area (TPSA) is 47.3 Å². The van der Waals surface area contributed by atoms with Crippen molar-refractivity contribution in [2.24, 2.45) is 0 Å². The highest BCUT2D eigenvalue weighted by atomic mass is 19.4. The first-order chi connectivity index (χ1) is 8.54. The Kier molecular flexibility index (Phi) is 4.11. The summed E-state index contributed by atoms with van der Waals surface area (Å²) in [5.74, 6) is 0. The lowest BCUT2D eigenvalue weighted by Gasteiger charge is -2.27. The fourth-order valence-corrected chi connectivity index (χ4v) is 1.78. The summed E-state index contributed by atoms with van der Waals surface area (Å²) in [4.78, 5) is 1.60. The first kappa shape index (κ1) is 15.3. The second-order valence-corrected chi connectivity index (χ2v) is 5.01. The van der Waals surface area contributed by atoms with Gasteiger partial charge in [-0.15, -0.1) is 0 Å². The molecule has 1 aromatic carbocycles. The Labute approximate surface area is 109 Å². The summed E-state index contributed by atoms with van der Waals surface area (Å²) in [6, 6.07) is 4.90. The smallest absolute Gasteiger partial charge is 0.389 e. The maximum Gasteiger partial charge on any atom is 0.417 e. The van der Waals surface area contributed by atoms with Crippen LogP contribution < -0.4 is 4.90 Å². The molecule has 0 fully saturated rings. The molecule has 0 amide bonds. The fourth-order valence-electron chi connectivity index (χ4n) is 1.78. The third kappa shape index (κ3) is 4.14. The quantitative estimate of drug-likeness (QED) is 0.920. The van der Waals surface area contributed by atoms with E-state index in [1.165, 1.54) is 12.1 Å². The third-order valence-corrected chi connectivity index (χ3v) is 2.49. The van der Waals surface area contributed by atoms with Crippen LogP contribution in [0, 0.1) is 11.3 Å². The SMILES string of the molecule is CN(CC(C)(C)O)c1ccc(C(F)(F)F)c(C#N)c1. The molecular weight excluding hydrogens is 257 g/mol. The summed E-state index contributed by atoms with van der Waals surface area (Å²) >= 11 is 0. The minimum Gasteiger partial charge on any atom is -0.389 e. The lowest BCUT2D eigenvalue weighted by Crippen LogP contribution is -2.36. The van der Waals surface area contributed by atoms with Gasteiger partial charge in [0.15, 0.2) is 0 Å². The first-order valence-electron chi connectivity index (χ1n) is 5.59. The number of hydrogen-bond donors (Lipinski definition) is 1. The van der Waals surface area contributed by atoms with E-state index in [9.17, 15) is 18.3 Å². The van der Waals surface area contributed by atoms with Gasteiger partial charge >= 0.3 is 6.18 Å². The molecule has 0 heterocycles. The molecule has 0 spiro atoms. The first-order valence-corrected chi connectivity index (χ1v) is 5.59. The van der Waals surface area contributed by atoms with Crippen LogP contribution in [0.4, 0.5) is 18.9 Å². The van der Waals surface area contributed by atoms with Crippen LogP contribution in [-0.2, 0) is 6.18 Å². The van der Waals surface area contributed by atoms with Gasteiger partial charge in [-0.2, -0.15) is 18.4 Å². The van der Waals surface area contributed by atoms with E-state index in [1.54, 1.807) is 31.9 Å². The number of alkyl halides is 3. The van der Waals surface area contributed by atoms with E-state index in [0.29, 0.717) is 5.69 Å². The van der Waals surface area contributed by atoms with Crippen LogP contribution >= 0.6 is 0 Å². The average molecular weight is 272 g/mol. The van der Waals surface area contributed by atoms with E-state index in [-0.39, 0.29) is 6.54 Å². The molecule has 0 bridgehead atoms. The lowest BCUT2D eigenvalue weighted by atomic mass is 10.1. The number of anilines is 1. The van der Waals surface area contributed by atoms with E-state index in [0.717, 1.165) is 6.07 Å². The Hall–Kier alpha value is -1.74. The summed E-state index contributed by atoms with van der Waals surface area (Å²) < 4.78 is 37.9. The Morgan fingerprint density at radius 3 is 2.32 bits per heavy atom. The average Bonchev–Trinajstić information content (AvgIpc) is 2.24. The molecule has 6 heteroatoms. The summed E-state index contributed by atoms with van der Waals surface area (Å²) in [6.07, 6.45) is -4.54. The molecule has 0 radical (unpaired) electrons. The highest BCUT2D eigenvalue weighted by Crippen LogP contribution is 2.33. The minimum atomic E-state index is -4.54. The number of likely N-dealkylation sites (N-methyl/N-ethyl adjacent to an activating group) is 1. The number of aliphatic hydroxyl groups is 1. The molecule has 0 saturated carbocycles. The van der Waals surface area contributed by atoms with Crippen LogP contribution in [0.5, 0.6) is 0 Å². The summed E-state index contributed by atoms with van der Waals surface area (Å²) in [7, 11) is 1.64. The van der Waals surface area contributed by atoms with Crippen LogP contribution in [-0.4, -0.2) is 24.3 Å². The molecule has 3 nitrogen and oxygen atoms in total. The zero-order valence-electron chi connectivity index (χ0n) is 10.9. The van der Waals surface area contributed by atoms with E-state index >= 15 is 0 Å².